The molecule has 1 fully saturated rings. The summed E-state index contributed by atoms with van der Waals surface area (Å²) in [5, 5.41) is 4.11. The van der Waals surface area contributed by atoms with Crippen molar-refractivity contribution in [3.8, 4) is 0 Å². The molecule has 0 aromatic rings. The zero-order valence-electron chi connectivity index (χ0n) is 9.25. The fraction of sp³-hybridized carbons (Fsp3) is 0.600. The molecule has 88 valence electrons. The number of carbonyl (C=O) groups excluding carboxylic acids is 4. The van der Waals surface area contributed by atoms with Crippen molar-refractivity contribution >= 4 is 23.6 Å². The molecule has 1 saturated heterocycles. The van der Waals surface area contributed by atoms with E-state index >= 15 is 0 Å². The molecule has 1 aliphatic heterocycles. The second-order valence-electron chi connectivity index (χ2n) is 3.88. The van der Waals surface area contributed by atoms with Gasteiger partial charge in [-0.2, -0.15) is 0 Å². The summed E-state index contributed by atoms with van der Waals surface area (Å²) >= 11 is 0. The fourth-order valence-electron chi connectivity index (χ4n) is 1.69. The van der Waals surface area contributed by atoms with Gasteiger partial charge >= 0.3 is 6.03 Å². The van der Waals surface area contributed by atoms with Crippen molar-refractivity contribution in [1.29, 1.82) is 0 Å². The third-order valence-electron chi connectivity index (χ3n) is 2.83. The summed E-state index contributed by atoms with van der Waals surface area (Å²) in [5.74, 6) is -1.33. The number of hydrogen-bond donors (Lipinski definition) is 2. The maximum atomic E-state index is 11.7. The Balaban J connectivity index is 2.91. The van der Waals surface area contributed by atoms with Crippen molar-refractivity contribution < 1.29 is 19.2 Å². The van der Waals surface area contributed by atoms with E-state index in [9.17, 15) is 19.2 Å². The molecule has 1 heterocycles. The molecule has 0 unspecified atom stereocenters. The van der Waals surface area contributed by atoms with Gasteiger partial charge in [0, 0.05) is 6.42 Å². The van der Waals surface area contributed by atoms with Crippen molar-refractivity contribution in [2.75, 3.05) is 0 Å². The molecule has 0 bridgehead atoms. The lowest BCUT2D eigenvalue weighted by atomic mass is 9.77. The molecule has 0 spiro atoms. The Labute approximate surface area is 92.8 Å². The van der Waals surface area contributed by atoms with Crippen LogP contribution in [-0.4, -0.2) is 23.6 Å². The van der Waals surface area contributed by atoms with Crippen LogP contribution in [0.4, 0.5) is 4.79 Å². The number of barbiturate groups is 1. The largest absolute Gasteiger partial charge is 0.328 e. The van der Waals surface area contributed by atoms with Crippen LogP contribution in [0.15, 0.2) is 0 Å². The fourth-order valence-corrected chi connectivity index (χ4v) is 1.69. The smallest absolute Gasteiger partial charge is 0.300 e. The number of nitrogens with one attached hydrogen (secondary N) is 2. The monoisotopic (exact) mass is 226 g/mol. The second kappa shape index (κ2) is 4.42. The third kappa shape index (κ3) is 2.10. The van der Waals surface area contributed by atoms with Gasteiger partial charge in [0.2, 0.25) is 11.8 Å². The van der Waals surface area contributed by atoms with Crippen molar-refractivity contribution in [1.82, 2.24) is 10.6 Å². The standard InChI is InChI=1S/C10H14N2O4/c1-3-10(5-4-6(2)13)7(14)11-9(16)12-8(10)15/h3-5H2,1-2H3,(H2,11,12,14,15,16). The van der Waals surface area contributed by atoms with Crippen molar-refractivity contribution in [2.45, 2.75) is 33.1 Å². The highest BCUT2D eigenvalue weighted by atomic mass is 16.2. The van der Waals surface area contributed by atoms with Gasteiger partial charge in [0.15, 0.2) is 0 Å². The highest BCUT2D eigenvalue weighted by molar-refractivity contribution is 6.19. The topological polar surface area (TPSA) is 92.3 Å². The minimum absolute atomic E-state index is 0.0923. The molecule has 0 aromatic heterocycles. The molecular weight excluding hydrogens is 212 g/mol. The maximum absolute atomic E-state index is 11.7. The van der Waals surface area contributed by atoms with Crippen LogP contribution in [0.2, 0.25) is 0 Å². The minimum Gasteiger partial charge on any atom is -0.300 e. The number of Topliss-reactive ketones (excluding diaryl/α,β-unsaturated/α-hetero) is 1. The van der Waals surface area contributed by atoms with E-state index in [-0.39, 0.29) is 25.0 Å². The molecule has 1 aliphatic rings. The van der Waals surface area contributed by atoms with E-state index in [4.69, 9.17) is 0 Å². The predicted octanol–water partition coefficient (Wildman–Crippen LogP) is 0.118. The van der Waals surface area contributed by atoms with Gasteiger partial charge in [-0.3, -0.25) is 20.2 Å². The van der Waals surface area contributed by atoms with Gasteiger partial charge in [0.1, 0.15) is 11.2 Å². The molecule has 0 atom stereocenters. The lowest BCUT2D eigenvalue weighted by molar-refractivity contribution is -0.145. The van der Waals surface area contributed by atoms with E-state index in [2.05, 4.69) is 10.6 Å². The van der Waals surface area contributed by atoms with Crippen molar-refractivity contribution in [3.63, 3.8) is 0 Å². The number of imide groups is 2. The SMILES string of the molecule is CCC1(CCC(C)=O)C(=O)NC(=O)NC1=O. The van der Waals surface area contributed by atoms with Gasteiger partial charge in [-0.25, -0.2) is 4.79 Å². The average Bonchev–Trinajstić information content (AvgIpc) is 2.17. The summed E-state index contributed by atoms with van der Waals surface area (Å²) in [4.78, 5) is 45.1. The van der Waals surface area contributed by atoms with Crippen LogP contribution in [0, 0.1) is 5.41 Å². The van der Waals surface area contributed by atoms with Crippen LogP contribution >= 0.6 is 0 Å². The van der Waals surface area contributed by atoms with Gasteiger partial charge in [-0.05, 0) is 19.8 Å². The first-order chi connectivity index (χ1) is 7.42. The summed E-state index contributed by atoms with van der Waals surface area (Å²) in [6.07, 6.45) is 0.526. The van der Waals surface area contributed by atoms with E-state index in [1.807, 2.05) is 0 Å². The first-order valence-corrected chi connectivity index (χ1v) is 5.08. The zero-order valence-corrected chi connectivity index (χ0v) is 9.25. The summed E-state index contributed by atoms with van der Waals surface area (Å²) in [6, 6.07) is -0.804. The molecule has 2 N–H and O–H groups in total. The molecule has 0 radical (unpaired) electrons. The highest BCUT2D eigenvalue weighted by Gasteiger charge is 2.48. The Morgan fingerprint density at radius 3 is 2.06 bits per heavy atom. The Morgan fingerprint density at radius 2 is 1.69 bits per heavy atom. The number of carbonyl (C=O) groups is 4. The predicted molar refractivity (Wildman–Crippen MR) is 54.3 cm³/mol. The minimum atomic E-state index is -1.29. The summed E-state index contributed by atoms with van der Waals surface area (Å²) < 4.78 is 0. The molecule has 0 aliphatic carbocycles. The Kier molecular flexibility index (Phi) is 3.41. The average molecular weight is 226 g/mol. The Hall–Kier alpha value is -1.72. The lowest BCUT2D eigenvalue weighted by Gasteiger charge is -2.32. The number of amides is 4. The normalized spacial score (nSPS) is 19.0. The molecule has 0 saturated carbocycles. The summed E-state index contributed by atoms with van der Waals surface area (Å²) in [6.45, 7) is 3.07. The maximum Gasteiger partial charge on any atom is 0.328 e. The van der Waals surface area contributed by atoms with Crippen LogP contribution in [0.25, 0.3) is 0 Å². The molecule has 4 amide bonds. The third-order valence-corrected chi connectivity index (χ3v) is 2.83. The Bertz CT molecular complexity index is 342. The summed E-state index contributed by atoms with van der Waals surface area (Å²) in [7, 11) is 0. The van der Waals surface area contributed by atoms with E-state index in [0.717, 1.165) is 0 Å². The van der Waals surface area contributed by atoms with E-state index in [1.165, 1.54) is 6.92 Å². The van der Waals surface area contributed by atoms with Crippen LogP contribution in [0.1, 0.15) is 33.1 Å². The van der Waals surface area contributed by atoms with Gasteiger partial charge in [0.05, 0.1) is 0 Å². The van der Waals surface area contributed by atoms with Crippen LogP contribution in [0.5, 0.6) is 0 Å². The van der Waals surface area contributed by atoms with Crippen molar-refractivity contribution in [2.24, 2.45) is 5.41 Å². The lowest BCUT2D eigenvalue weighted by Crippen LogP contribution is -2.62. The van der Waals surface area contributed by atoms with Crippen molar-refractivity contribution in [3.05, 3.63) is 0 Å². The van der Waals surface area contributed by atoms with Gasteiger partial charge in [-0.15, -0.1) is 0 Å². The van der Waals surface area contributed by atoms with Gasteiger partial charge in [-0.1, -0.05) is 6.92 Å². The Morgan fingerprint density at radius 1 is 1.19 bits per heavy atom. The molecule has 1 rings (SSSR count). The number of hydrogen-bond acceptors (Lipinski definition) is 4. The zero-order chi connectivity index (χ0) is 12.3. The van der Waals surface area contributed by atoms with E-state index in [0.29, 0.717) is 0 Å². The first kappa shape index (κ1) is 12.4. The number of urea groups is 1. The van der Waals surface area contributed by atoms with Crippen LogP contribution in [-0.2, 0) is 14.4 Å². The quantitative estimate of drug-likeness (QED) is 0.666. The summed E-state index contributed by atoms with van der Waals surface area (Å²) in [5.41, 5.74) is -1.29. The molecule has 0 aromatic carbocycles. The van der Waals surface area contributed by atoms with Gasteiger partial charge < -0.3 is 4.79 Å². The number of ketones is 1. The highest BCUT2D eigenvalue weighted by Crippen LogP contribution is 2.30. The number of rotatable bonds is 4. The van der Waals surface area contributed by atoms with Crippen LogP contribution in [0.3, 0.4) is 0 Å². The second-order valence-corrected chi connectivity index (χ2v) is 3.88. The first-order valence-electron chi connectivity index (χ1n) is 5.08. The van der Waals surface area contributed by atoms with Crippen LogP contribution < -0.4 is 10.6 Å². The van der Waals surface area contributed by atoms with E-state index in [1.54, 1.807) is 6.92 Å². The van der Waals surface area contributed by atoms with Gasteiger partial charge in [0.25, 0.3) is 0 Å². The van der Waals surface area contributed by atoms with E-state index < -0.39 is 23.3 Å². The molecule has 6 nitrogen and oxygen atoms in total. The molecule has 16 heavy (non-hydrogen) atoms. The molecule has 6 heteroatoms. The molecular formula is C10H14N2O4.